The minimum absolute atomic E-state index is 0. The van der Waals surface area contributed by atoms with Gasteiger partial charge in [-0.2, -0.15) is 0 Å². The third-order valence-corrected chi connectivity index (χ3v) is 0. The molecule has 0 atom stereocenters. The Kier molecular flexibility index (Phi) is 17.5. The second-order valence-electron chi connectivity index (χ2n) is 2.17. The van der Waals surface area contributed by atoms with Crippen molar-refractivity contribution in [2.24, 2.45) is 0 Å². The van der Waals surface area contributed by atoms with Gasteiger partial charge in [-0.05, 0) is 20.8 Å². The molecule has 0 spiro atoms. The van der Waals surface area contributed by atoms with Crippen LogP contribution >= 0.6 is 0 Å². The monoisotopic (exact) mass is 154 g/mol. The van der Waals surface area contributed by atoms with Crippen molar-refractivity contribution < 1.29 is 5.11 Å². The maximum absolute atomic E-state index is 8.52. The first-order valence-corrected chi connectivity index (χ1v) is 1.72. The summed E-state index contributed by atoms with van der Waals surface area (Å²) in [6, 6.07) is 0. The van der Waals surface area contributed by atoms with E-state index in [-0.39, 0.29) is 103 Å². The minimum atomic E-state index is -0.500. The Labute approximate surface area is 130 Å². The number of aliphatic hydroxyl groups is 1. The molecule has 36 valence electrons. The molecule has 0 aliphatic rings. The summed E-state index contributed by atoms with van der Waals surface area (Å²) in [5, 5.41) is 8.52. The molecule has 1 nitrogen and oxygen atoms in total. The molecular weight excluding hydrogens is 142 g/mol. The molecule has 0 saturated carbocycles. The van der Waals surface area contributed by atoms with Gasteiger partial charge in [0, 0.05) is 0 Å². The first-order valence-electron chi connectivity index (χ1n) is 1.72. The van der Waals surface area contributed by atoms with Gasteiger partial charge < -0.3 is 5.11 Å². The normalized spacial score (nSPS) is 8.57. The van der Waals surface area contributed by atoms with Crippen molar-refractivity contribution in [1.29, 1.82) is 0 Å². The van der Waals surface area contributed by atoms with E-state index in [9.17, 15) is 0 Å². The quantitative estimate of drug-likeness (QED) is 0.466. The molecule has 0 aromatic rings. The van der Waals surface area contributed by atoms with Crippen molar-refractivity contribution in [3.63, 3.8) is 0 Å². The Bertz CT molecular complexity index is 25.2. The van der Waals surface area contributed by atoms with E-state index in [0.717, 1.165) is 0 Å². The van der Waals surface area contributed by atoms with Crippen LogP contribution in [-0.2, 0) is 0 Å². The van der Waals surface area contributed by atoms with Gasteiger partial charge in [0.1, 0.15) is 0 Å². The van der Waals surface area contributed by atoms with E-state index < -0.39 is 5.60 Å². The molecule has 0 aliphatic carbocycles. The van der Waals surface area contributed by atoms with Crippen LogP contribution in [0.25, 0.3) is 0 Å². The molecule has 0 rings (SSSR count). The van der Waals surface area contributed by atoms with E-state index in [1.54, 1.807) is 20.8 Å². The predicted molar refractivity (Wildman–Crippen MR) is 36.3 cm³/mol. The van der Waals surface area contributed by atoms with E-state index in [4.69, 9.17) is 5.11 Å². The molecule has 1 N–H and O–H groups in total. The van der Waals surface area contributed by atoms with Crippen LogP contribution < -0.4 is 0 Å². The second kappa shape index (κ2) is 7.34. The molecule has 0 unspecified atom stereocenters. The van der Waals surface area contributed by atoms with Crippen molar-refractivity contribution in [2.75, 3.05) is 0 Å². The van der Waals surface area contributed by atoms with E-state index >= 15 is 0 Å². The molecule has 0 aliphatic heterocycles. The fraction of sp³-hybridized carbons (Fsp3) is 1.00. The van der Waals surface area contributed by atoms with Gasteiger partial charge >= 0.3 is 103 Å². The molecule has 0 amide bonds. The fourth-order valence-electron chi connectivity index (χ4n) is 0. The van der Waals surface area contributed by atoms with Crippen LogP contribution in [0.3, 0.4) is 0 Å². The topological polar surface area (TPSA) is 20.2 Å². The number of hydrogen-bond acceptors (Lipinski definition) is 1. The first-order chi connectivity index (χ1) is 2.00. The van der Waals surface area contributed by atoms with Crippen LogP contribution in [0.1, 0.15) is 20.8 Å². The van der Waals surface area contributed by atoms with Crippen LogP contribution in [0.5, 0.6) is 0 Å². The van der Waals surface area contributed by atoms with Crippen LogP contribution in [0, 0.1) is 0 Å². The molecule has 0 fully saturated rings. The van der Waals surface area contributed by atoms with Crippen LogP contribution in [-0.4, -0.2) is 113 Å². The summed E-state index contributed by atoms with van der Waals surface area (Å²) >= 11 is 0. The van der Waals surface area contributed by atoms with Crippen LogP contribution in [0.4, 0.5) is 0 Å². The van der Waals surface area contributed by atoms with Gasteiger partial charge in [-0.25, -0.2) is 0 Å². The summed E-state index contributed by atoms with van der Waals surface area (Å²) in [5.41, 5.74) is -0.500. The Balaban J connectivity index is -0.0000000800. The zero-order chi connectivity index (χ0) is 4.50. The van der Waals surface area contributed by atoms with Crippen molar-refractivity contribution in [2.45, 2.75) is 26.4 Å². The summed E-state index contributed by atoms with van der Waals surface area (Å²) in [6.07, 6.45) is 0. The van der Waals surface area contributed by atoms with E-state index in [1.807, 2.05) is 0 Å². The molecule has 0 saturated heterocycles. The van der Waals surface area contributed by atoms with Gasteiger partial charge in [0.15, 0.2) is 0 Å². The third-order valence-electron chi connectivity index (χ3n) is 0. The molecular formula is C4H12K2O. The van der Waals surface area contributed by atoms with E-state index in [1.165, 1.54) is 0 Å². The number of hydrogen-bond donors (Lipinski definition) is 1. The van der Waals surface area contributed by atoms with E-state index in [2.05, 4.69) is 0 Å². The average molecular weight is 154 g/mol. The van der Waals surface area contributed by atoms with Gasteiger partial charge in [-0.1, -0.05) is 0 Å². The van der Waals surface area contributed by atoms with Gasteiger partial charge in [0.25, 0.3) is 0 Å². The standard InChI is InChI=1S/C4H10O.2K.2H/c1-4(2,3)5;;;;/h5H,1-3H3;;;;. The second-order valence-corrected chi connectivity index (χ2v) is 2.17. The molecule has 0 bridgehead atoms. The van der Waals surface area contributed by atoms with Gasteiger partial charge in [-0.3, -0.25) is 0 Å². The number of rotatable bonds is 0. The average Bonchev–Trinajstić information content (AvgIpc) is 0.722. The zero-order valence-electron chi connectivity index (χ0n) is 3.95. The predicted octanol–water partition coefficient (Wildman–Crippen LogP) is -0.520. The van der Waals surface area contributed by atoms with Crippen molar-refractivity contribution in [3.8, 4) is 0 Å². The summed E-state index contributed by atoms with van der Waals surface area (Å²) in [6.45, 7) is 5.23. The zero-order valence-corrected chi connectivity index (χ0v) is 3.95. The van der Waals surface area contributed by atoms with Gasteiger partial charge in [0.05, 0.1) is 5.60 Å². The van der Waals surface area contributed by atoms with Gasteiger partial charge in [-0.15, -0.1) is 0 Å². The molecule has 0 radical (unpaired) electrons. The SMILES string of the molecule is CC(C)(C)O.[KH].[KH]. The third kappa shape index (κ3) is 46.2. The molecule has 0 heterocycles. The Morgan fingerprint density at radius 2 is 1.00 bits per heavy atom. The summed E-state index contributed by atoms with van der Waals surface area (Å²) in [5.74, 6) is 0. The summed E-state index contributed by atoms with van der Waals surface area (Å²) < 4.78 is 0. The van der Waals surface area contributed by atoms with Crippen molar-refractivity contribution in [3.05, 3.63) is 0 Å². The summed E-state index contributed by atoms with van der Waals surface area (Å²) in [7, 11) is 0. The summed E-state index contributed by atoms with van der Waals surface area (Å²) in [4.78, 5) is 0. The van der Waals surface area contributed by atoms with Crippen molar-refractivity contribution >= 4 is 103 Å². The molecule has 0 aromatic carbocycles. The van der Waals surface area contributed by atoms with Crippen LogP contribution in [0.15, 0.2) is 0 Å². The fourth-order valence-corrected chi connectivity index (χ4v) is 0. The molecule has 3 heteroatoms. The van der Waals surface area contributed by atoms with Crippen molar-refractivity contribution in [1.82, 2.24) is 0 Å². The molecule has 7 heavy (non-hydrogen) atoms. The Morgan fingerprint density at radius 3 is 1.00 bits per heavy atom. The maximum atomic E-state index is 8.52. The Hall–Kier alpha value is 3.23. The molecule has 0 aromatic heterocycles. The van der Waals surface area contributed by atoms with E-state index in [0.29, 0.717) is 0 Å². The van der Waals surface area contributed by atoms with Crippen LogP contribution in [0.2, 0.25) is 0 Å². The van der Waals surface area contributed by atoms with Gasteiger partial charge in [0.2, 0.25) is 0 Å². The first kappa shape index (κ1) is 16.7. The Morgan fingerprint density at radius 1 is 1.00 bits per heavy atom.